The number of rotatable bonds is 7. The molecule has 8 aromatic carbocycles. The maximum Gasteiger partial charge on any atom is 0.0629 e. The Morgan fingerprint density at radius 1 is 0.548 bits per heavy atom. The van der Waals surface area contributed by atoms with Crippen LogP contribution in [-0.4, -0.2) is 0 Å². The molecule has 11 rings (SSSR count). The summed E-state index contributed by atoms with van der Waals surface area (Å²) in [5.41, 5.74) is 13.6. The van der Waals surface area contributed by atoms with Gasteiger partial charge in [-0.1, -0.05) is 208 Å². The first-order valence-corrected chi connectivity index (χ1v) is 22.0. The van der Waals surface area contributed by atoms with Crippen LogP contribution < -0.4 is 0 Å². The smallest absolute Gasteiger partial charge is 0.0622 e. The molecule has 0 nitrogen and oxygen atoms in total. The van der Waals surface area contributed by atoms with E-state index in [1.54, 1.807) is 25.1 Å². The van der Waals surface area contributed by atoms with Gasteiger partial charge in [0.1, 0.15) is 0 Å². The van der Waals surface area contributed by atoms with Crippen LogP contribution in [0, 0.1) is 6.92 Å². The Hall–Kier alpha value is -6.24. The highest BCUT2D eigenvalue weighted by Gasteiger charge is 2.40. The van der Waals surface area contributed by atoms with Crippen molar-refractivity contribution in [3.63, 3.8) is 0 Å². The molecule has 0 heterocycles. The molecule has 4 unspecified atom stereocenters. The monoisotopic (exact) mass is 814 g/mol. The van der Waals surface area contributed by atoms with E-state index in [9.17, 15) is 4.11 Å². The summed E-state index contributed by atoms with van der Waals surface area (Å²) in [6, 6.07) is 31.7. The van der Waals surface area contributed by atoms with Gasteiger partial charge >= 0.3 is 0 Å². The van der Waals surface area contributed by atoms with Crippen molar-refractivity contribution in [2.75, 3.05) is 0 Å². The van der Waals surface area contributed by atoms with E-state index in [4.69, 9.17) is 13.7 Å². The van der Waals surface area contributed by atoms with E-state index in [2.05, 4.69) is 81.4 Å². The summed E-state index contributed by atoms with van der Waals surface area (Å²) < 4.78 is 116. The first kappa shape index (κ1) is 27.0. The Balaban J connectivity index is 1.02. The molecule has 0 saturated carbocycles. The van der Waals surface area contributed by atoms with E-state index in [0.717, 1.165) is 63.8 Å². The van der Waals surface area contributed by atoms with Crippen LogP contribution >= 0.6 is 0 Å². The summed E-state index contributed by atoms with van der Waals surface area (Å²) in [5, 5.41) is 0. The minimum Gasteiger partial charge on any atom is -0.0622 e. The van der Waals surface area contributed by atoms with Crippen molar-refractivity contribution in [1.29, 1.82) is 0 Å². The van der Waals surface area contributed by atoms with Gasteiger partial charge in [-0.2, -0.15) is 0 Å². The van der Waals surface area contributed by atoms with E-state index in [1.165, 1.54) is 11.1 Å². The van der Waals surface area contributed by atoms with Gasteiger partial charge < -0.3 is 0 Å². The van der Waals surface area contributed by atoms with Crippen molar-refractivity contribution in [3.05, 3.63) is 248 Å². The number of benzene rings is 8. The van der Waals surface area contributed by atoms with Crippen molar-refractivity contribution in [1.82, 2.24) is 0 Å². The van der Waals surface area contributed by atoms with Crippen LogP contribution in [0.2, 0.25) is 0 Å². The Labute approximate surface area is 387 Å². The lowest BCUT2D eigenvalue weighted by atomic mass is 9.72. The molecule has 304 valence electrons. The molecule has 0 radical (unpaired) electrons. The Kier molecular flexibility index (Phi) is 6.78. The second-order valence-corrected chi connectivity index (χ2v) is 18.5. The lowest BCUT2D eigenvalue weighted by Crippen LogP contribution is -2.17. The summed E-state index contributed by atoms with van der Waals surface area (Å²) in [7, 11) is 0. The molecule has 0 spiro atoms. The lowest BCUT2D eigenvalue weighted by molar-refractivity contribution is 0.454. The van der Waals surface area contributed by atoms with Gasteiger partial charge in [-0.25, -0.2) is 0 Å². The average Bonchev–Trinajstić information content (AvgIpc) is 3.95. The van der Waals surface area contributed by atoms with Gasteiger partial charge in [-0.3, -0.25) is 0 Å². The largest absolute Gasteiger partial charge is 0.0629 e. The Morgan fingerprint density at radius 2 is 1.24 bits per heavy atom. The van der Waals surface area contributed by atoms with Gasteiger partial charge in [0, 0.05) is 11.8 Å². The second-order valence-electron chi connectivity index (χ2n) is 18.5. The molecule has 0 heteroatoms. The summed E-state index contributed by atoms with van der Waals surface area (Å²) >= 11 is 0. The third-order valence-electron chi connectivity index (χ3n) is 13.8. The molecular weight excluding hydrogens is 745 g/mol. The number of aryl methyl sites for hydroxylation is 1. The van der Waals surface area contributed by atoms with E-state index >= 15 is 0 Å². The van der Waals surface area contributed by atoms with E-state index in [-0.39, 0.29) is 100 Å². The van der Waals surface area contributed by atoms with E-state index < -0.39 is 24.0 Å². The minimum absolute atomic E-state index is 0.00557. The number of fused-ring (bicyclic) bond motifs is 5. The topological polar surface area (TPSA) is 0 Å². The van der Waals surface area contributed by atoms with Crippen LogP contribution in [0.15, 0.2) is 182 Å². The number of hydrogen-bond donors (Lipinski definition) is 0. The van der Waals surface area contributed by atoms with E-state index in [0.29, 0.717) is 40.7 Å². The zero-order chi connectivity index (χ0) is 53.3. The SMILES string of the molecule is [2H]c1c([2H])c([2H])c(-c2cccc(-c3c([2H])c([2H])c(C)c([2H])c3[2H])c2C2CC(C3CCCc4ccc(Cc5ccc6c(c5)C(c5cccc(C(C)(C)C)c5)c5c([2H])c([2H])c([2H])c([2H])c5-6)cc43)c3ccccc32)c([2H])c1[2H]. The molecule has 3 aliphatic carbocycles. The fourth-order valence-electron chi connectivity index (χ4n) is 10.9. The van der Waals surface area contributed by atoms with Gasteiger partial charge in [0.05, 0.1) is 17.8 Å². The van der Waals surface area contributed by atoms with Crippen LogP contribution in [0.3, 0.4) is 0 Å². The molecule has 0 aliphatic heterocycles. The molecule has 0 fully saturated rings. The second kappa shape index (κ2) is 15.6. The summed E-state index contributed by atoms with van der Waals surface area (Å²) in [5.74, 6) is -0.714. The zero-order valence-electron chi connectivity index (χ0n) is 48.7. The van der Waals surface area contributed by atoms with Gasteiger partial charge in [0.25, 0.3) is 0 Å². The van der Waals surface area contributed by atoms with Crippen molar-refractivity contribution < 1.29 is 17.8 Å². The molecule has 0 saturated heterocycles. The third kappa shape index (κ3) is 6.85. The highest BCUT2D eigenvalue weighted by Crippen LogP contribution is 2.56. The lowest BCUT2D eigenvalue weighted by Gasteiger charge is -2.32. The zero-order valence-corrected chi connectivity index (χ0v) is 35.7. The molecule has 0 aromatic heterocycles. The predicted molar refractivity (Wildman–Crippen MR) is 261 cm³/mol. The highest BCUT2D eigenvalue weighted by atomic mass is 14.4. The average molecular weight is 814 g/mol. The summed E-state index contributed by atoms with van der Waals surface area (Å²) in [6.45, 7) is 8.08. The van der Waals surface area contributed by atoms with Crippen molar-refractivity contribution in [2.24, 2.45) is 0 Å². The molecule has 3 aliphatic rings. The van der Waals surface area contributed by atoms with Gasteiger partial charge in [0.15, 0.2) is 0 Å². The van der Waals surface area contributed by atoms with Crippen LogP contribution in [0.4, 0.5) is 0 Å². The first-order chi connectivity index (χ1) is 35.7. The third-order valence-corrected chi connectivity index (χ3v) is 13.8. The van der Waals surface area contributed by atoms with Gasteiger partial charge in [-0.05, 0) is 151 Å². The molecule has 0 N–H and O–H groups in total. The number of hydrogen-bond acceptors (Lipinski definition) is 0. The quantitative estimate of drug-likeness (QED) is 0.150. The Morgan fingerprint density at radius 3 is 2.03 bits per heavy atom. The van der Waals surface area contributed by atoms with E-state index in [1.807, 2.05) is 24.3 Å². The van der Waals surface area contributed by atoms with Crippen LogP contribution in [0.5, 0.6) is 0 Å². The van der Waals surface area contributed by atoms with Crippen molar-refractivity contribution in [2.45, 2.75) is 88.9 Å². The van der Waals surface area contributed by atoms with Crippen LogP contribution in [0.25, 0.3) is 33.4 Å². The molecule has 62 heavy (non-hydrogen) atoms. The minimum atomic E-state index is -0.503. The van der Waals surface area contributed by atoms with Crippen molar-refractivity contribution in [3.8, 4) is 33.4 Å². The molecule has 0 amide bonds. The predicted octanol–water partition coefficient (Wildman–Crippen LogP) is 16.1. The summed E-state index contributed by atoms with van der Waals surface area (Å²) in [4.78, 5) is 0. The molecule has 0 bridgehead atoms. The standard InChI is InChI=1S/C62H56/c1-40-27-31-45(32-28-40)49-25-14-24-48(43-15-6-5-7-16-43)61(49)59-39-57(51-21-8-9-22-52(51)59)53-26-13-17-44-33-29-41(36-56(44)53)35-42-30-34-54-50-20-10-11-23-55(50)60(58(54)37-42)46-18-12-19-47(38-46)62(2,3)4/h5-12,14-16,18-25,27-34,36-38,53,57,59-60H,13,17,26,35,39H2,1-4H3/i5D,6D,7D,10D,11D,15D,16D,20D,23D,27D,28D,31D,32D. The normalized spacial score (nSPS) is 21.7. The highest BCUT2D eigenvalue weighted by molar-refractivity contribution is 5.82. The fraction of sp³-hybridized carbons (Fsp3) is 0.226. The summed E-state index contributed by atoms with van der Waals surface area (Å²) in [6.07, 6.45) is 4.03. The molecule has 8 aromatic rings. The van der Waals surface area contributed by atoms with Crippen LogP contribution in [-0.2, 0) is 18.3 Å². The molecule has 4 atom stereocenters. The maximum absolute atomic E-state index is 9.26. The van der Waals surface area contributed by atoms with Gasteiger partial charge in [-0.15, -0.1) is 0 Å². The van der Waals surface area contributed by atoms with Crippen molar-refractivity contribution >= 4 is 0 Å². The first-order valence-electron chi connectivity index (χ1n) is 28.5. The van der Waals surface area contributed by atoms with Crippen LogP contribution in [0.1, 0.15) is 148 Å². The maximum atomic E-state index is 9.26. The van der Waals surface area contributed by atoms with Gasteiger partial charge in [0.2, 0.25) is 0 Å². The Bertz CT molecular complexity index is 3570. The fourth-order valence-corrected chi connectivity index (χ4v) is 10.9. The molecular formula is C62H56.